The van der Waals surface area contributed by atoms with E-state index in [9.17, 15) is 65.9 Å². The van der Waals surface area contributed by atoms with Crippen molar-refractivity contribution in [2.45, 2.75) is 81.0 Å². The SMILES string of the molecule is FCSCCCC(CCCCC(F)(C(F)(F)F)C(F)(F)F)CC(F)(C(F)(F)F)C(F)(F)F. The molecule has 0 saturated carbocycles. The molecule has 0 aromatic heterocycles. The van der Waals surface area contributed by atoms with Gasteiger partial charge in [0.05, 0.1) is 0 Å². The van der Waals surface area contributed by atoms with Crippen LogP contribution in [-0.4, -0.2) is 47.8 Å². The number of hydrogen-bond acceptors (Lipinski definition) is 1. The molecular formula is C16H19F15S. The Balaban J connectivity index is 5.37. The molecule has 16 heteroatoms. The fourth-order valence-corrected chi connectivity index (χ4v) is 3.39. The summed E-state index contributed by atoms with van der Waals surface area (Å²) in [5.74, 6) is -1.85. The molecule has 1 atom stereocenters. The second-order valence-corrected chi connectivity index (χ2v) is 8.10. The predicted molar refractivity (Wildman–Crippen MR) is 86.1 cm³/mol. The molecule has 1 unspecified atom stereocenters. The molecule has 0 aliphatic carbocycles. The molecule has 0 N–H and O–H groups in total. The third-order valence-corrected chi connectivity index (χ3v) is 5.46. The maximum atomic E-state index is 14.0. The van der Waals surface area contributed by atoms with Crippen LogP contribution < -0.4 is 0 Å². The number of hydrogen-bond donors (Lipinski definition) is 0. The molecule has 0 aromatic rings. The van der Waals surface area contributed by atoms with Gasteiger partial charge in [0.15, 0.2) is 0 Å². The first kappa shape index (κ1) is 31.3. The molecule has 0 nitrogen and oxygen atoms in total. The highest BCUT2D eigenvalue weighted by molar-refractivity contribution is 7.99. The van der Waals surface area contributed by atoms with Crippen molar-refractivity contribution < 1.29 is 65.9 Å². The molecule has 0 spiro atoms. The Bertz CT molecular complexity index is 518. The number of thioether (sulfide) groups is 1. The van der Waals surface area contributed by atoms with Crippen LogP contribution in [0.1, 0.15) is 44.9 Å². The average molecular weight is 528 g/mol. The van der Waals surface area contributed by atoms with E-state index in [4.69, 9.17) is 0 Å². The maximum Gasteiger partial charge on any atom is 0.431 e. The fraction of sp³-hybridized carbons (Fsp3) is 1.00. The highest BCUT2D eigenvalue weighted by Crippen LogP contribution is 2.52. The minimum absolute atomic E-state index is 0.0833. The lowest BCUT2D eigenvalue weighted by Gasteiger charge is -2.33. The van der Waals surface area contributed by atoms with Gasteiger partial charge in [-0.25, -0.2) is 13.2 Å². The smallest absolute Gasteiger partial charge is 0.239 e. The summed E-state index contributed by atoms with van der Waals surface area (Å²) in [6.45, 7) is 0. The highest BCUT2D eigenvalue weighted by atomic mass is 32.2. The van der Waals surface area contributed by atoms with Crippen LogP contribution in [0.5, 0.6) is 0 Å². The lowest BCUT2D eigenvalue weighted by atomic mass is 9.84. The Kier molecular flexibility index (Phi) is 10.9. The summed E-state index contributed by atoms with van der Waals surface area (Å²) in [6, 6.07) is -0.934. The largest absolute Gasteiger partial charge is 0.431 e. The van der Waals surface area contributed by atoms with Gasteiger partial charge in [0.1, 0.15) is 6.01 Å². The van der Waals surface area contributed by atoms with Crippen molar-refractivity contribution in [2.75, 3.05) is 11.8 Å². The zero-order chi connectivity index (χ0) is 25.6. The molecule has 0 aliphatic rings. The second-order valence-electron chi connectivity index (χ2n) is 7.07. The molecule has 0 aliphatic heterocycles. The van der Waals surface area contributed by atoms with Crippen molar-refractivity contribution in [1.29, 1.82) is 0 Å². The second kappa shape index (κ2) is 11.2. The minimum Gasteiger partial charge on any atom is -0.239 e. The maximum absolute atomic E-state index is 14.0. The van der Waals surface area contributed by atoms with E-state index in [0.29, 0.717) is 11.8 Å². The van der Waals surface area contributed by atoms with Crippen LogP contribution in [0.4, 0.5) is 65.9 Å². The molecule has 0 rings (SSSR count). The summed E-state index contributed by atoms with van der Waals surface area (Å²) >= 11 is 0.612. The summed E-state index contributed by atoms with van der Waals surface area (Å²) in [7, 11) is 0. The number of unbranched alkanes of at least 4 members (excludes halogenated alkanes) is 1. The van der Waals surface area contributed by atoms with Gasteiger partial charge in [-0.1, -0.05) is 12.8 Å². The average Bonchev–Trinajstić information content (AvgIpc) is 2.57. The molecule has 0 fully saturated rings. The Hall–Kier alpha value is -0.700. The quantitative estimate of drug-likeness (QED) is 0.181. The van der Waals surface area contributed by atoms with Crippen LogP contribution >= 0.6 is 11.8 Å². The lowest BCUT2D eigenvalue weighted by Crippen LogP contribution is -2.54. The third kappa shape index (κ3) is 7.96. The minimum atomic E-state index is -6.39. The first-order chi connectivity index (χ1) is 14.1. The number of alkyl halides is 15. The Morgan fingerprint density at radius 2 is 0.938 bits per heavy atom. The monoisotopic (exact) mass is 528 g/mol. The van der Waals surface area contributed by atoms with Gasteiger partial charge in [-0.15, -0.1) is 11.8 Å². The van der Waals surface area contributed by atoms with E-state index in [1.165, 1.54) is 0 Å². The van der Waals surface area contributed by atoms with Gasteiger partial charge < -0.3 is 0 Å². The summed E-state index contributed by atoms with van der Waals surface area (Å²) in [4.78, 5) is 0. The number of halogens is 15. The van der Waals surface area contributed by atoms with Gasteiger partial charge in [-0.2, -0.15) is 52.7 Å². The Labute approximate surface area is 177 Å². The van der Waals surface area contributed by atoms with Gasteiger partial charge >= 0.3 is 24.7 Å². The molecule has 0 amide bonds. The molecule has 0 aromatic carbocycles. The number of rotatable bonds is 12. The van der Waals surface area contributed by atoms with E-state index in [0.717, 1.165) is 0 Å². The molecule has 0 heterocycles. The van der Waals surface area contributed by atoms with Crippen molar-refractivity contribution >= 4 is 11.8 Å². The summed E-state index contributed by atoms with van der Waals surface area (Å²) in [5, 5.41) is 0. The molecule has 0 radical (unpaired) electrons. The summed E-state index contributed by atoms with van der Waals surface area (Å²) in [6.07, 6.45) is -33.4. The van der Waals surface area contributed by atoms with E-state index in [-0.39, 0.29) is 12.2 Å². The third-order valence-electron chi connectivity index (χ3n) is 4.73. The van der Waals surface area contributed by atoms with Crippen LogP contribution in [0.15, 0.2) is 0 Å². The first-order valence-electron chi connectivity index (χ1n) is 8.92. The molecule has 194 valence electrons. The molecular weight excluding hydrogens is 509 g/mol. The van der Waals surface area contributed by atoms with Gasteiger partial charge in [-0.3, -0.25) is 0 Å². The van der Waals surface area contributed by atoms with Gasteiger partial charge in [0.2, 0.25) is 0 Å². The summed E-state index contributed by atoms with van der Waals surface area (Å²) in [5.41, 5.74) is -11.3. The lowest BCUT2D eigenvalue weighted by molar-refractivity contribution is -0.346. The van der Waals surface area contributed by atoms with Crippen LogP contribution in [0.25, 0.3) is 0 Å². The Morgan fingerprint density at radius 1 is 0.531 bits per heavy atom. The fourth-order valence-electron chi connectivity index (χ4n) is 2.91. The molecule has 0 saturated heterocycles. The van der Waals surface area contributed by atoms with Gasteiger partial charge in [0.25, 0.3) is 11.3 Å². The van der Waals surface area contributed by atoms with E-state index in [1.807, 2.05) is 0 Å². The molecule has 0 bridgehead atoms. The van der Waals surface area contributed by atoms with Crippen LogP contribution in [-0.2, 0) is 0 Å². The van der Waals surface area contributed by atoms with E-state index in [1.54, 1.807) is 0 Å². The van der Waals surface area contributed by atoms with E-state index < -0.39 is 86.5 Å². The van der Waals surface area contributed by atoms with Crippen LogP contribution in [0.2, 0.25) is 0 Å². The normalized spacial score (nSPS) is 15.8. The van der Waals surface area contributed by atoms with E-state index in [2.05, 4.69) is 0 Å². The Morgan fingerprint density at radius 3 is 1.31 bits per heavy atom. The van der Waals surface area contributed by atoms with Crippen LogP contribution in [0.3, 0.4) is 0 Å². The van der Waals surface area contributed by atoms with Crippen molar-refractivity contribution in [3.05, 3.63) is 0 Å². The molecule has 32 heavy (non-hydrogen) atoms. The van der Waals surface area contributed by atoms with Gasteiger partial charge in [-0.05, 0) is 37.4 Å². The zero-order valence-electron chi connectivity index (χ0n) is 16.0. The predicted octanol–water partition coefficient (Wildman–Crippen LogP) is 8.66. The first-order valence-corrected chi connectivity index (χ1v) is 10.1. The topological polar surface area (TPSA) is 0 Å². The van der Waals surface area contributed by atoms with Crippen molar-refractivity contribution in [2.24, 2.45) is 5.92 Å². The highest BCUT2D eigenvalue weighted by Gasteiger charge is 2.73. The summed E-state index contributed by atoms with van der Waals surface area (Å²) < 4.78 is 191. The van der Waals surface area contributed by atoms with E-state index >= 15 is 0 Å². The van der Waals surface area contributed by atoms with Crippen LogP contribution in [0, 0.1) is 5.92 Å². The van der Waals surface area contributed by atoms with Crippen molar-refractivity contribution in [1.82, 2.24) is 0 Å². The standard InChI is InChI=1S/C16H19F15S/c17-9-32-7-3-5-10(8-12(19,15(26,27)28)16(29,30)31)4-1-2-6-11(18,13(20,21)22)14(23,24)25/h10H,1-9H2. The zero-order valence-corrected chi connectivity index (χ0v) is 16.8. The van der Waals surface area contributed by atoms with Gasteiger partial charge in [0, 0.05) is 6.42 Å². The van der Waals surface area contributed by atoms with Crippen molar-refractivity contribution in [3.8, 4) is 0 Å². The van der Waals surface area contributed by atoms with Crippen molar-refractivity contribution in [3.63, 3.8) is 0 Å².